The minimum absolute atomic E-state index is 0.166. The summed E-state index contributed by atoms with van der Waals surface area (Å²) in [6, 6.07) is 7.29. The van der Waals surface area contributed by atoms with E-state index < -0.39 is 5.60 Å². The molecule has 0 amide bonds. The molecule has 1 aromatic carbocycles. The Morgan fingerprint density at radius 3 is 2.62 bits per heavy atom. The number of aryl methyl sites for hydroxylation is 1. The zero-order valence-electron chi connectivity index (χ0n) is 13.9. The van der Waals surface area contributed by atoms with E-state index in [2.05, 4.69) is 20.5 Å². The van der Waals surface area contributed by atoms with Gasteiger partial charge in [-0.05, 0) is 44.5 Å². The van der Waals surface area contributed by atoms with Crippen molar-refractivity contribution in [2.24, 2.45) is 0 Å². The first-order chi connectivity index (χ1) is 11.3. The molecule has 0 atom stereocenters. The van der Waals surface area contributed by atoms with Gasteiger partial charge in [-0.3, -0.25) is 4.98 Å². The van der Waals surface area contributed by atoms with E-state index in [4.69, 9.17) is 0 Å². The molecule has 0 saturated heterocycles. The topological polar surface area (TPSA) is 91.2 Å². The van der Waals surface area contributed by atoms with Crippen LogP contribution in [0.25, 0.3) is 22.0 Å². The number of hydrogen-bond donors (Lipinski definition) is 3. The predicted octanol–water partition coefficient (Wildman–Crippen LogP) is 2.89. The Morgan fingerprint density at radius 1 is 1.12 bits per heavy atom. The van der Waals surface area contributed by atoms with Crippen LogP contribution in [0.5, 0.6) is 5.75 Å². The van der Waals surface area contributed by atoms with Crippen molar-refractivity contribution in [3.63, 3.8) is 0 Å². The summed E-state index contributed by atoms with van der Waals surface area (Å²) in [6.07, 6.45) is 3.38. The van der Waals surface area contributed by atoms with Crippen molar-refractivity contribution in [1.29, 1.82) is 0 Å². The molecule has 124 valence electrons. The molecule has 6 heteroatoms. The largest absolute Gasteiger partial charge is 0.507 e. The molecule has 0 fully saturated rings. The van der Waals surface area contributed by atoms with E-state index in [0.29, 0.717) is 23.6 Å². The number of nitrogens with zero attached hydrogens (tertiary/aromatic N) is 3. The molecule has 0 aliphatic carbocycles. The molecule has 0 spiro atoms. The minimum Gasteiger partial charge on any atom is -0.507 e. The quantitative estimate of drug-likeness (QED) is 0.683. The lowest BCUT2D eigenvalue weighted by molar-refractivity contribution is 0.0944. The number of phenolic OH excluding ortho intramolecular Hbond substituents is 1. The first-order valence-corrected chi connectivity index (χ1v) is 7.72. The number of benzene rings is 1. The van der Waals surface area contributed by atoms with E-state index in [1.165, 1.54) is 0 Å². The molecular weight excluding hydrogens is 304 g/mol. The third-order valence-corrected chi connectivity index (χ3v) is 3.68. The Morgan fingerprint density at radius 2 is 1.92 bits per heavy atom. The zero-order chi connectivity index (χ0) is 17.3. The molecule has 0 saturated carbocycles. The molecular formula is C18H20N4O2. The van der Waals surface area contributed by atoms with Crippen LogP contribution in [0.15, 0.2) is 36.7 Å². The third-order valence-electron chi connectivity index (χ3n) is 3.68. The van der Waals surface area contributed by atoms with E-state index in [0.717, 1.165) is 16.3 Å². The molecule has 3 aromatic rings. The van der Waals surface area contributed by atoms with Crippen LogP contribution < -0.4 is 5.32 Å². The van der Waals surface area contributed by atoms with E-state index >= 15 is 0 Å². The van der Waals surface area contributed by atoms with Gasteiger partial charge in [-0.2, -0.15) is 0 Å². The molecule has 2 heterocycles. The Balaban J connectivity index is 2.12. The van der Waals surface area contributed by atoms with Crippen LogP contribution in [0.1, 0.15) is 19.4 Å². The number of nitrogens with one attached hydrogen (secondary N) is 1. The summed E-state index contributed by atoms with van der Waals surface area (Å²) in [4.78, 5) is 4.16. The highest BCUT2D eigenvalue weighted by molar-refractivity contribution is 6.00. The van der Waals surface area contributed by atoms with Crippen LogP contribution >= 0.6 is 0 Å². The Kier molecular flexibility index (Phi) is 4.07. The summed E-state index contributed by atoms with van der Waals surface area (Å²) in [5.41, 5.74) is 1.32. The van der Waals surface area contributed by atoms with Gasteiger partial charge in [-0.1, -0.05) is 6.07 Å². The first-order valence-electron chi connectivity index (χ1n) is 7.72. The standard InChI is InChI=1S/C18H20N4O2/c1-11-4-5-13(15(23)8-11)16-12-6-7-19-9-14(12)17(22-21-16)20-10-18(2,3)24/h4-9,23-24H,10H2,1-3H3,(H,20,22). The maximum atomic E-state index is 10.3. The molecule has 0 aliphatic heterocycles. The van der Waals surface area contributed by atoms with Gasteiger partial charge in [0.15, 0.2) is 5.82 Å². The van der Waals surface area contributed by atoms with Gasteiger partial charge in [-0.15, -0.1) is 10.2 Å². The molecule has 3 rings (SSSR count). The molecule has 24 heavy (non-hydrogen) atoms. The number of phenols is 1. The summed E-state index contributed by atoms with van der Waals surface area (Å²) < 4.78 is 0. The van der Waals surface area contributed by atoms with Crippen molar-refractivity contribution in [1.82, 2.24) is 15.2 Å². The van der Waals surface area contributed by atoms with Crippen molar-refractivity contribution in [3.8, 4) is 17.0 Å². The maximum Gasteiger partial charge on any atom is 0.158 e. The van der Waals surface area contributed by atoms with Crippen LogP contribution in [-0.2, 0) is 0 Å². The fourth-order valence-electron chi connectivity index (χ4n) is 2.47. The Hall–Kier alpha value is -2.73. The zero-order valence-corrected chi connectivity index (χ0v) is 13.9. The van der Waals surface area contributed by atoms with Crippen LogP contribution in [-0.4, -0.2) is 37.5 Å². The lowest BCUT2D eigenvalue weighted by Gasteiger charge is -2.19. The smallest absolute Gasteiger partial charge is 0.158 e. The maximum absolute atomic E-state index is 10.3. The second-order valence-electron chi connectivity index (χ2n) is 6.51. The van der Waals surface area contributed by atoms with E-state index in [1.54, 1.807) is 32.3 Å². The second kappa shape index (κ2) is 6.05. The SMILES string of the molecule is Cc1ccc(-c2nnc(NCC(C)(C)O)c3cnccc23)c(O)c1. The fourth-order valence-corrected chi connectivity index (χ4v) is 2.47. The highest BCUT2D eigenvalue weighted by Gasteiger charge is 2.17. The average molecular weight is 324 g/mol. The summed E-state index contributed by atoms with van der Waals surface area (Å²) in [5, 5.41) is 33.4. The second-order valence-corrected chi connectivity index (χ2v) is 6.51. The molecule has 0 bridgehead atoms. The van der Waals surface area contributed by atoms with Gasteiger partial charge < -0.3 is 15.5 Å². The number of hydrogen-bond acceptors (Lipinski definition) is 6. The average Bonchev–Trinajstić information content (AvgIpc) is 2.52. The molecule has 3 N–H and O–H groups in total. The number of anilines is 1. The van der Waals surface area contributed by atoms with Crippen LogP contribution in [0, 0.1) is 6.92 Å². The Bertz CT molecular complexity index is 888. The minimum atomic E-state index is -0.871. The number of aromatic nitrogens is 3. The van der Waals surface area contributed by atoms with Gasteiger partial charge in [0.05, 0.1) is 5.60 Å². The Labute approximate surface area is 140 Å². The van der Waals surface area contributed by atoms with Crippen molar-refractivity contribution in [2.75, 3.05) is 11.9 Å². The van der Waals surface area contributed by atoms with Crippen molar-refractivity contribution in [2.45, 2.75) is 26.4 Å². The highest BCUT2D eigenvalue weighted by atomic mass is 16.3. The van der Waals surface area contributed by atoms with Gasteiger partial charge in [0.25, 0.3) is 0 Å². The molecule has 0 aliphatic rings. The van der Waals surface area contributed by atoms with Crippen LogP contribution in [0.2, 0.25) is 0 Å². The normalized spacial score (nSPS) is 11.7. The number of pyridine rings is 1. The summed E-state index contributed by atoms with van der Waals surface area (Å²) in [6.45, 7) is 5.68. The van der Waals surface area contributed by atoms with Crippen molar-refractivity contribution in [3.05, 3.63) is 42.2 Å². The predicted molar refractivity (Wildman–Crippen MR) is 94.0 cm³/mol. The van der Waals surface area contributed by atoms with E-state index in [9.17, 15) is 10.2 Å². The number of aromatic hydroxyl groups is 1. The van der Waals surface area contributed by atoms with Crippen LogP contribution in [0.3, 0.4) is 0 Å². The molecule has 6 nitrogen and oxygen atoms in total. The number of aliphatic hydroxyl groups is 1. The van der Waals surface area contributed by atoms with Gasteiger partial charge >= 0.3 is 0 Å². The fraction of sp³-hybridized carbons (Fsp3) is 0.278. The molecule has 2 aromatic heterocycles. The highest BCUT2D eigenvalue weighted by Crippen LogP contribution is 2.34. The van der Waals surface area contributed by atoms with Crippen LogP contribution in [0.4, 0.5) is 5.82 Å². The van der Waals surface area contributed by atoms with E-state index in [-0.39, 0.29) is 5.75 Å². The van der Waals surface area contributed by atoms with Gasteiger partial charge in [0.1, 0.15) is 11.4 Å². The monoisotopic (exact) mass is 324 g/mol. The summed E-state index contributed by atoms with van der Waals surface area (Å²) >= 11 is 0. The van der Waals surface area contributed by atoms with Gasteiger partial charge in [0.2, 0.25) is 0 Å². The lowest BCUT2D eigenvalue weighted by Crippen LogP contribution is -2.29. The van der Waals surface area contributed by atoms with Crippen molar-refractivity contribution >= 4 is 16.6 Å². The van der Waals surface area contributed by atoms with E-state index in [1.807, 2.05) is 25.1 Å². The number of fused-ring (bicyclic) bond motifs is 1. The van der Waals surface area contributed by atoms with Gasteiger partial charge in [0, 0.05) is 35.3 Å². The first kappa shape index (κ1) is 16.1. The summed E-state index contributed by atoms with van der Waals surface area (Å²) in [5.74, 6) is 0.718. The van der Waals surface area contributed by atoms with Crippen molar-refractivity contribution < 1.29 is 10.2 Å². The number of rotatable bonds is 4. The third kappa shape index (κ3) is 3.28. The summed E-state index contributed by atoms with van der Waals surface area (Å²) in [7, 11) is 0. The lowest BCUT2D eigenvalue weighted by atomic mass is 10.0. The molecule has 0 unspecified atom stereocenters. The van der Waals surface area contributed by atoms with Gasteiger partial charge in [-0.25, -0.2) is 0 Å². The molecule has 0 radical (unpaired) electrons.